The Kier molecular flexibility index (Phi) is 6.02. The van der Waals surface area contributed by atoms with Crippen molar-refractivity contribution in [1.29, 1.82) is 0 Å². The molecular formula is C24H27N5O2. The van der Waals surface area contributed by atoms with Gasteiger partial charge in [-0.15, -0.1) is 5.10 Å². The van der Waals surface area contributed by atoms with E-state index in [0.29, 0.717) is 19.6 Å². The van der Waals surface area contributed by atoms with Crippen molar-refractivity contribution in [3.8, 4) is 5.69 Å². The van der Waals surface area contributed by atoms with E-state index in [1.807, 2.05) is 67.3 Å². The second kappa shape index (κ2) is 9.04. The van der Waals surface area contributed by atoms with E-state index in [9.17, 15) is 9.59 Å². The Balaban J connectivity index is 1.47. The quantitative estimate of drug-likeness (QED) is 0.707. The van der Waals surface area contributed by atoms with Gasteiger partial charge in [0.15, 0.2) is 0 Å². The molecule has 4 rings (SSSR count). The van der Waals surface area contributed by atoms with Crippen molar-refractivity contribution in [2.45, 2.75) is 20.3 Å². The number of aryl methyl sites for hydroxylation is 2. The van der Waals surface area contributed by atoms with E-state index < -0.39 is 0 Å². The molecule has 0 unspecified atom stereocenters. The molecule has 1 aliphatic rings. The third-order valence-corrected chi connectivity index (χ3v) is 5.56. The Morgan fingerprint density at radius 1 is 0.903 bits per heavy atom. The SMILES string of the molecule is Cc1ccc(-n2nc(N3CCCN(C(=O)Nc4ccccc4C)CC3)ccc2=O)cc1. The molecule has 0 saturated carbocycles. The van der Waals surface area contributed by atoms with Gasteiger partial charge >= 0.3 is 6.03 Å². The number of amides is 2. The standard InChI is InChI=1S/C24H27N5O2/c1-18-8-10-20(11-9-18)29-23(30)13-12-22(26-29)27-14-5-15-28(17-16-27)24(31)25-21-7-4-3-6-19(21)2/h3-4,6-13H,5,14-17H2,1-2H3,(H,25,31). The van der Waals surface area contributed by atoms with Gasteiger partial charge in [-0.05, 0) is 50.1 Å². The molecule has 1 N–H and O–H groups in total. The summed E-state index contributed by atoms with van der Waals surface area (Å²) < 4.78 is 1.43. The van der Waals surface area contributed by atoms with Crippen molar-refractivity contribution in [3.05, 3.63) is 82.1 Å². The van der Waals surface area contributed by atoms with Gasteiger partial charge in [-0.25, -0.2) is 4.79 Å². The van der Waals surface area contributed by atoms with E-state index in [2.05, 4.69) is 15.3 Å². The Labute approximate surface area is 181 Å². The topological polar surface area (TPSA) is 70.5 Å². The summed E-state index contributed by atoms with van der Waals surface area (Å²) in [5.74, 6) is 0.737. The summed E-state index contributed by atoms with van der Waals surface area (Å²) in [4.78, 5) is 29.1. The molecule has 0 aliphatic carbocycles. The van der Waals surface area contributed by atoms with Crippen LogP contribution < -0.4 is 15.8 Å². The molecule has 2 aromatic carbocycles. The van der Waals surface area contributed by atoms with E-state index in [-0.39, 0.29) is 11.6 Å². The number of urea groups is 1. The first-order valence-electron chi connectivity index (χ1n) is 10.6. The highest BCUT2D eigenvalue weighted by Crippen LogP contribution is 2.17. The average Bonchev–Trinajstić information content (AvgIpc) is 3.03. The van der Waals surface area contributed by atoms with Crippen molar-refractivity contribution >= 4 is 17.5 Å². The number of nitrogens with zero attached hydrogens (tertiary/aromatic N) is 4. The monoisotopic (exact) mass is 417 g/mol. The maximum atomic E-state index is 12.8. The molecule has 7 nitrogen and oxygen atoms in total. The molecule has 1 aromatic heterocycles. The zero-order valence-corrected chi connectivity index (χ0v) is 17.9. The van der Waals surface area contributed by atoms with Crippen molar-refractivity contribution < 1.29 is 4.79 Å². The maximum absolute atomic E-state index is 12.8. The van der Waals surface area contributed by atoms with Gasteiger partial charge < -0.3 is 15.1 Å². The van der Waals surface area contributed by atoms with E-state index >= 15 is 0 Å². The number of para-hydroxylation sites is 1. The summed E-state index contributed by atoms with van der Waals surface area (Å²) in [6.07, 6.45) is 0.826. The number of carbonyl (C=O) groups is 1. The number of carbonyl (C=O) groups excluding carboxylic acids is 1. The fourth-order valence-electron chi connectivity index (χ4n) is 3.70. The van der Waals surface area contributed by atoms with Crippen molar-refractivity contribution in [2.24, 2.45) is 0 Å². The number of hydrogen-bond acceptors (Lipinski definition) is 4. The average molecular weight is 418 g/mol. The molecule has 3 aromatic rings. The second-order valence-electron chi connectivity index (χ2n) is 7.85. The van der Waals surface area contributed by atoms with Crippen LogP contribution in [0.3, 0.4) is 0 Å². The van der Waals surface area contributed by atoms with E-state index in [4.69, 9.17) is 0 Å². The summed E-state index contributed by atoms with van der Waals surface area (Å²) >= 11 is 0. The number of hydrogen-bond donors (Lipinski definition) is 1. The number of benzene rings is 2. The number of rotatable bonds is 3. The van der Waals surface area contributed by atoms with Crippen molar-refractivity contribution in [2.75, 3.05) is 36.4 Å². The first-order valence-corrected chi connectivity index (χ1v) is 10.6. The minimum atomic E-state index is -0.165. The number of aromatic nitrogens is 2. The van der Waals surface area contributed by atoms with Crippen LogP contribution in [0.15, 0.2) is 65.5 Å². The minimum absolute atomic E-state index is 0.0891. The highest BCUT2D eigenvalue weighted by atomic mass is 16.2. The molecule has 160 valence electrons. The predicted octanol–water partition coefficient (Wildman–Crippen LogP) is 3.59. The summed E-state index contributed by atoms with van der Waals surface area (Å²) in [5.41, 5.74) is 3.58. The Hall–Kier alpha value is -3.61. The zero-order valence-electron chi connectivity index (χ0n) is 17.9. The van der Waals surface area contributed by atoms with Gasteiger partial charge in [-0.3, -0.25) is 4.79 Å². The summed E-state index contributed by atoms with van der Waals surface area (Å²) in [5, 5.41) is 7.61. The molecule has 0 spiro atoms. The lowest BCUT2D eigenvalue weighted by molar-refractivity contribution is 0.215. The van der Waals surface area contributed by atoms with Gasteiger partial charge in [0.1, 0.15) is 5.82 Å². The van der Waals surface area contributed by atoms with Crippen LogP contribution in [0.2, 0.25) is 0 Å². The third kappa shape index (κ3) is 4.77. The van der Waals surface area contributed by atoms with Crippen molar-refractivity contribution in [3.63, 3.8) is 0 Å². The lowest BCUT2D eigenvalue weighted by atomic mass is 10.2. The van der Waals surface area contributed by atoms with Crippen LogP contribution in [0.5, 0.6) is 0 Å². The molecule has 0 atom stereocenters. The second-order valence-corrected chi connectivity index (χ2v) is 7.85. The predicted molar refractivity (Wildman–Crippen MR) is 123 cm³/mol. The largest absolute Gasteiger partial charge is 0.353 e. The highest BCUT2D eigenvalue weighted by Gasteiger charge is 2.21. The molecule has 2 heterocycles. The van der Waals surface area contributed by atoms with Gasteiger partial charge in [0.05, 0.1) is 5.69 Å². The van der Waals surface area contributed by atoms with E-state index in [0.717, 1.165) is 41.3 Å². The van der Waals surface area contributed by atoms with Crippen LogP contribution in [0, 0.1) is 13.8 Å². The summed E-state index contributed by atoms with van der Waals surface area (Å²) in [6.45, 7) is 6.67. The molecule has 2 amide bonds. The van der Waals surface area contributed by atoms with Crippen LogP contribution in [-0.2, 0) is 0 Å². The Bertz CT molecular complexity index is 1120. The fraction of sp³-hybridized carbons (Fsp3) is 0.292. The molecule has 31 heavy (non-hydrogen) atoms. The Morgan fingerprint density at radius 3 is 2.45 bits per heavy atom. The minimum Gasteiger partial charge on any atom is -0.353 e. The fourth-order valence-corrected chi connectivity index (χ4v) is 3.70. The molecule has 1 aliphatic heterocycles. The van der Waals surface area contributed by atoms with Crippen LogP contribution in [-0.4, -0.2) is 46.9 Å². The normalized spacial score (nSPS) is 14.3. The lowest BCUT2D eigenvalue weighted by Gasteiger charge is -2.23. The van der Waals surface area contributed by atoms with Gasteiger partial charge in [0.25, 0.3) is 5.56 Å². The van der Waals surface area contributed by atoms with Gasteiger partial charge in [-0.2, -0.15) is 4.68 Å². The van der Waals surface area contributed by atoms with Crippen LogP contribution in [0.1, 0.15) is 17.5 Å². The molecule has 1 fully saturated rings. The van der Waals surface area contributed by atoms with Gasteiger partial charge in [-0.1, -0.05) is 35.9 Å². The molecule has 7 heteroatoms. The maximum Gasteiger partial charge on any atom is 0.321 e. The van der Waals surface area contributed by atoms with E-state index in [1.54, 1.807) is 12.1 Å². The molecule has 1 saturated heterocycles. The lowest BCUT2D eigenvalue weighted by Crippen LogP contribution is -2.38. The molecular weight excluding hydrogens is 390 g/mol. The highest BCUT2D eigenvalue weighted by molar-refractivity contribution is 5.90. The Morgan fingerprint density at radius 2 is 1.68 bits per heavy atom. The summed E-state index contributed by atoms with van der Waals surface area (Å²) in [7, 11) is 0. The zero-order chi connectivity index (χ0) is 21.8. The van der Waals surface area contributed by atoms with Crippen LogP contribution >= 0.6 is 0 Å². The van der Waals surface area contributed by atoms with Crippen LogP contribution in [0.25, 0.3) is 5.69 Å². The third-order valence-electron chi connectivity index (χ3n) is 5.56. The van der Waals surface area contributed by atoms with Crippen LogP contribution in [0.4, 0.5) is 16.3 Å². The molecule has 0 radical (unpaired) electrons. The van der Waals surface area contributed by atoms with E-state index in [1.165, 1.54) is 4.68 Å². The number of anilines is 2. The smallest absolute Gasteiger partial charge is 0.321 e. The van der Waals surface area contributed by atoms with Gasteiger partial charge in [0.2, 0.25) is 0 Å². The summed E-state index contributed by atoms with van der Waals surface area (Å²) in [6, 6.07) is 18.7. The molecule has 0 bridgehead atoms. The number of nitrogens with one attached hydrogen (secondary N) is 1. The first kappa shape index (κ1) is 20.7. The first-order chi connectivity index (χ1) is 15.0. The van der Waals surface area contributed by atoms with Crippen molar-refractivity contribution in [1.82, 2.24) is 14.7 Å². The van der Waals surface area contributed by atoms with Gasteiger partial charge in [0, 0.05) is 37.9 Å².